The number of cyclic esters (lactones) is 2. The summed E-state index contributed by atoms with van der Waals surface area (Å²) >= 11 is 0. The van der Waals surface area contributed by atoms with Crippen molar-refractivity contribution in [2.45, 2.75) is 360 Å². The van der Waals surface area contributed by atoms with Gasteiger partial charge >= 0.3 is 11.9 Å². The maximum atomic E-state index is 14.5. The van der Waals surface area contributed by atoms with Crippen LogP contribution in [0.2, 0.25) is 0 Å². The van der Waals surface area contributed by atoms with Gasteiger partial charge in [0.15, 0.2) is 11.6 Å². The van der Waals surface area contributed by atoms with Gasteiger partial charge in [0.1, 0.15) is 60.3 Å². The van der Waals surface area contributed by atoms with Crippen molar-refractivity contribution in [2.24, 2.45) is 71.0 Å². The molecular weight excluding hydrogens is 1690 g/mol. The summed E-state index contributed by atoms with van der Waals surface area (Å²) in [6.07, 6.45) is 25.3. The monoisotopic (exact) mass is 1860 g/mol. The van der Waals surface area contributed by atoms with Gasteiger partial charge in [0.05, 0.1) is 48.8 Å². The highest BCUT2D eigenvalue weighted by Crippen LogP contribution is 2.42. The number of methoxy groups -OCH3 is 8. The van der Waals surface area contributed by atoms with Gasteiger partial charge in [-0.2, -0.15) is 0 Å². The maximum Gasteiger partial charge on any atom is 0.329 e. The third-order valence-electron chi connectivity index (χ3n) is 29.5. The number of aliphatic hydroxyl groups excluding tert-OH is 2. The predicted octanol–water partition coefficient (Wildman–Crippen LogP) is 13.7. The number of amides is 2. The molecule has 2 aliphatic carbocycles. The molecule has 6 fully saturated rings. The zero-order valence-corrected chi connectivity index (χ0v) is 83.1. The molecule has 4 N–H and O–H groups in total. The predicted molar refractivity (Wildman–Crippen MR) is 500 cm³/mol. The highest BCUT2D eigenvalue weighted by atomic mass is 16.6. The van der Waals surface area contributed by atoms with E-state index in [1.54, 1.807) is 82.3 Å². The Kier molecular flexibility index (Phi) is 45.8. The van der Waals surface area contributed by atoms with Gasteiger partial charge in [-0.25, -0.2) is 9.59 Å². The molecule has 2 amide bonds. The van der Waals surface area contributed by atoms with Crippen molar-refractivity contribution in [1.82, 2.24) is 9.80 Å². The number of allylic oxidation sites excluding steroid dienone is 12. The van der Waals surface area contributed by atoms with Crippen LogP contribution in [0.3, 0.4) is 0 Å². The lowest BCUT2D eigenvalue weighted by atomic mass is 9.78. The van der Waals surface area contributed by atoms with Crippen molar-refractivity contribution < 1.29 is 125 Å². The van der Waals surface area contributed by atoms with Gasteiger partial charge < -0.3 is 87.1 Å². The fourth-order valence-corrected chi connectivity index (χ4v) is 20.8. The van der Waals surface area contributed by atoms with Gasteiger partial charge in [-0.3, -0.25) is 38.4 Å². The molecule has 6 heterocycles. The second-order valence-electron chi connectivity index (χ2n) is 39.6. The fourth-order valence-electron chi connectivity index (χ4n) is 20.8. The number of carbonyl (C=O) groups is 10. The van der Waals surface area contributed by atoms with E-state index < -0.39 is 156 Å². The highest BCUT2D eigenvalue weighted by Gasteiger charge is 2.56. The molecule has 8 rings (SSSR count). The Bertz CT molecular complexity index is 4050. The minimum atomic E-state index is -2.43. The Labute approximate surface area is 785 Å². The van der Waals surface area contributed by atoms with Gasteiger partial charge in [-0.05, 0) is 214 Å². The number of ether oxygens (including phenoxy) is 12. The average Bonchev–Trinajstić information content (AvgIpc) is 0.773. The van der Waals surface area contributed by atoms with Crippen LogP contribution in [0.4, 0.5) is 0 Å². The van der Waals surface area contributed by atoms with Crippen LogP contribution in [0.25, 0.3) is 0 Å². The first-order valence-electron chi connectivity index (χ1n) is 48.6. The quantitative estimate of drug-likeness (QED) is 0.0713. The van der Waals surface area contributed by atoms with E-state index in [9.17, 15) is 68.4 Å². The number of piperidine rings is 2. The van der Waals surface area contributed by atoms with Crippen LogP contribution in [-0.4, -0.2) is 268 Å². The Morgan fingerprint density at radius 3 is 1.23 bits per heavy atom. The van der Waals surface area contributed by atoms with Gasteiger partial charge in [-0.15, -0.1) is 0 Å². The molecule has 0 spiro atoms. The van der Waals surface area contributed by atoms with Crippen LogP contribution in [-0.2, 0) is 105 Å². The highest BCUT2D eigenvalue weighted by molar-refractivity contribution is 6.39. The summed E-state index contributed by atoms with van der Waals surface area (Å²) in [5.41, 5.74) is 2.82. The standard InChI is InChI=1S/C53H83NO13.C51H79NO13/c1-32-18-14-13-15-19-33(2)44(62-9)30-40-23-21-38(7)53(60,67-40)50(57)51(58)54-25-17-16-20-41(54)52(59)66-45(35(4)28-39-22-24-43(61-8)46(29-39)63-10)31-42(55)34(3)27-37(6)48(64-11)49(65-12)47(56)36(5)26-32;1-30-16-12-11-13-17-31(2)42(61-8)28-38-21-19-36(7)51(60,65-38)48(57)49(58)52-23-15-14-18-39(52)50(59)64-43(33(4)26-37-20-22-40(53)44(27-37)62-9)29-41(54)32(3)25-35(6)46(56)47(63-10)45(55)34(5)24-30/h13-15,18-19,27,32,34-36,38-41,43-46,48-49,60H,16-17,20-26,28-31H2,1-12H3;11-13,16-17,25,30,32-34,36-40,42-44,46-47,53,56,60H,14-15,18-24,26-29H2,1-10H3/b15-13?,18-14+,33-19?,37-27+;13-11?,16-12+,31-17?,35-25+/t32-,34-,35-,36-,38-,39+,40+,41+,43-,44+,45+,46-,48-,49+,53-;30-,32-,33-,34-,36-,37+,38+,39+,40-,42+,43+,44-,46-,47+,51-/m11/s1. The summed E-state index contributed by atoms with van der Waals surface area (Å²) in [6.45, 7) is 26.0. The SMILES string of the molecule is CO[C@H]1C[C@@H]2CC[C@@H](C)[C@@](O)(O2)C(=O)C(=O)N2CCCC[C@H]2C(=O)O[C@H]([C@H](C)C[C@@H]2CC[C@@H](O)[C@H](OC)C2)CC(=O)[C@H](C)/C=C(\C)[C@@H](O)[C@@H](OC)C(=O)[C@H](C)C[C@H](C)/C=C/C=CC=C1C.CO[C@H]1C[C@@H]2CC[C@@H](C)[C@@](O)(O2)C(=O)C(=O)N2CCCC[C@H]2C(=O)O[C@H]([C@H](C)C[C@@H]2CC[C@@H](OC)[C@H](OC)C2)CC(=O)[C@H](C)/C=C(\C)[C@@H](OC)[C@@H](OC)C(=O)[C@H](C)C[C@H](C)/C=C/C=CC=C1C. The lowest BCUT2D eigenvalue weighted by Crippen LogP contribution is -2.61. The minimum absolute atomic E-state index is 0.0193. The van der Waals surface area contributed by atoms with Crippen LogP contribution in [0.15, 0.2) is 95.2 Å². The first kappa shape index (κ1) is 112. The van der Waals surface area contributed by atoms with E-state index in [0.717, 1.165) is 36.8 Å². The van der Waals surface area contributed by atoms with Crippen LogP contribution in [0.5, 0.6) is 0 Å². The number of Topliss-reactive ketones (excluding diaryl/α,β-unsaturated/α-hetero) is 6. The first-order chi connectivity index (χ1) is 62.6. The van der Waals surface area contributed by atoms with Crippen LogP contribution < -0.4 is 0 Å². The molecule has 28 nitrogen and oxygen atoms in total. The molecule has 4 saturated heterocycles. The zero-order valence-electron chi connectivity index (χ0n) is 83.1. The zero-order chi connectivity index (χ0) is 97.8. The summed E-state index contributed by atoms with van der Waals surface area (Å²) in [5, 5.41) is 45.8. The van der Waals surface area contributed by atoms with E-state index in [1.165, 1.54) is 31.1 Å². The molecular formula is C104H162N2O26. The molecule has 30 atom stereocenters. The molecule has 6 aliphatic heterocycles. The Morgan fingerprint density at radius 2 is 0.818 bits per heavy atom. The molecule has 0 radical (unpaired) electrons. The number of carbonyl (C=O) groups excluding carboxylic acids is 10. The maximum absolute atomic E-state index is 14.5. The molecule has 4 bridgehead atoms. The van der Waals surface area contributed by atoms with Crippen LogP contribution in [0.1, 0.15) is 251 Å². The molecule has 8 aliphatic rings. The van der Waals surface area contributed by atoms with E-state index in [4.69, 9.17) is 56.8 Å². The van der Waals surface area contributed by atoms with E-state index >= 15 is 0 Å². The van der Waals surface area contributed by atoms with Gasteiger partial charge in [0.25, 0.3) is 23.4 Å². The molecule has 28 heteroatoms. The van der Waals surface area contributed by atoms with E-state index in [2.05, 4.69) is 6.92 Å². The van der Waals surface area contributed by atoms with Crippen molar-refractivity contribution in [1.29, 1.82) is 0 Å². The Morgan fingerprint density at radius 1 is 0.417 bits per heavy atom. The Hall–Kier alpha value is -6.74. The van der Waals surface area contributed by atoms with Crippen LogP contribution in [0, 0.1) is 71.0 Å². The van der Waals surface area contributed by atoms with Crippen LogP contribution >= 0.6 is 0 Å². The van der Waals surface area contributed by atoms with Crippen molar-refractivity contribution >= 4 is 58.5 Å². The number of fused-ring (bicyclic) bond motifs is 6. The summed E-state index contributed by atoms with van der Waals surface area (Å²) in [7, 11) is 12.5. The largest absolute Gasteiger partial charge is 0.460 e. The van der Waals surface area contributed by atoms with Crippen molar-refractivity contribution in [3.05, 3.63) is 95.2 Å². The minimum Gasteiger partial charge on any atom is -0.460 e. The molecule has 2 saturated carbocycles. The third-order valence-corrected chi connectivity index (χ3v) is 29.5. The molecule has 0 aromatic heterocycles. The third kappa shape index (κ3) is 30.6. The van der Waals surface area contributed by atoms with E-state index in [0.29, 0.717) is 114 Å². The number of hydrogen-bond acceptors (Lipinski definition) is 26. The molecule has 0 aromatic carbocycles. The average molecular weight is 1860 g/mol. The number of ketones is 6. The van der Waals surface area contributed by atoms with E-state index in [-0.39, 0.29) is 122 Å². The van der Waals surface area contributed by atoms with E-state index in [1.807, 2.05) is 116 Å². The molecule has 0 aromatic rings. The van der Waals surface area contributed by atoms with Crippen molar-refractivity contribution in [2.75, 3.05) is 70.0 Å². The Balaban J connectivity index is 0.000000361. The topological polar surface area (TPSA) is 369 Å². The van der Waals surface area contributed by atoms with Crippen molar-refractivity contribution in [3.8, 4) is 0 Å². The van der Waals surface area contributed by atoms with Gasteiger partial charge in [-0.1, -0.05) is 142 Å². The molecule has 0 unspecified atom stereocenters. The lowest BCUT2D eigenvalue weighted by Gasteiger charge is -2.42. The molecule has 744 valence electrons. The first-order valence-corrected chi connectivity index (χ1v) is 48.6. The summed E-state index contributed by atoms with van der Waals surface area (Å²) in [4.78, 5) is 144. The smallest absolute Gasteiger partial charge is 0.329 e. The summed E-state index contributed by atoms with van der Waals surface area (Å²) in [6, 6.07) is -2.25. The summed E-state index contributed by atoms with van der Waals surface area (Å²) < 4.78 is 70.9. The number of esters is 2. The number of aliphatic hydroxyl groups is 4. The fraction of sp³-hybridized carbons (Fsp3) is 0.750. The molecule has 132 heavy (non-hydrogen) atoms. The summed E-state index contributed by atoms with van der Waals surface area (Å²) in [5.74, 6) is -15.2. The van der Waals surface area contributed by atoms with Crippen molar-refractivity contribution in [3.63, 3.8) is 0 Å². The van der Waals surface area contributed by atoms with Gasteiger partial charge in [0.2, 0.25) is 11.6 Å². The number of nitrogens with zero attached hydrogens (tertiary/aromatic N) is 2. The van der Waals surface area contributed by atoms with Gasteiger partial charge in [0, 0.05) is 131 Å². The normalized spacial score (nSPS) is 38.7. The second-order valence-corrected chi connectivity index (χ2v) is 39.6. The number of rotatable bonds is 14. The second kappa shape index (κ2) is 53.8. The lowest BCUT2D eigenvalue weighted by molar-refractivity contribution is -0.265. The number of hydrogen-bond donors (Lipinski definition) is 4.